The van der Waals surface area contributed by atoms with Gasteiger partial charge in [0.1, 0.15) is 5.82 Å². The molecule has 4 aromatic rings. The highest BCUT2D eigenvalue weighted by molar-refractivity contribution is 6.07. The van der Waals surface area contributed by atoms with E-state index in [-0.39, 0.29) is 11.7 Å². The summed E-state index contributed by atoms with van der Waals surface area (Å²) in [6.45, 7) is 8.78. The van der Waals surface area contributed by atoms with Gasteiger partial charge in [-0.15, -0.1) is 0 Å². The number of nitrogens with one attached hydrogen (secondary N) is 2. The molecule has 0 radical (unpaired) electrons. The number of likely N-dealkylation sites (N-methyl/N-ethyl adjacent to an activating group) is 1. The van der Waals surface area contributed by atoms with Crippen molar-refractivity contribution in [3.05, 3.63) is 89.4 Å². The highest BCUT2D eigenvalue weighted by Gasteiger charge is 2.24. The van der Waals surface area contributed by atoms with E-state index in [1.807, 2.05) is 36.4 Å². The van der Waals surface area contributed by atoms with Gasteiger partial charge in [-0.2, -0.15) is 9.89 Å². The Morgan fingerprint density at radius 3 is 2.53 bits per heavy atom. The van der Waals surface area contributed by atoms with Crippen molar-refractivity contribution in [1.29, 1.82) is 0 Å². The predicted molar refractivity (Wildman–Crippen MR) is 152 cm³/mol. The van der Waals surface area contributed by atoms with Crippen LogP contribution in [0.4, 0.5) is 15.8 Å². The Kier molecular flexibility index (Phi) is 7.60. The molecule has 1 saturated heterocycles. The van der Waals surface area contributed by atoms with E-state index >= 15 is 0 Å². The van der Waals surface area contributed by atoms with Gasteiger partial charge in [0.2, 0.25) is 0 Å². The van der Waals surface area contributed by atoms with Crippen LogP contribution in [-0.4, -0.2) is 60.5 Å². The van der Waals surface area contributed by atoms with Gasteiger partial charge in [0.25, 0.3) is 5.91 Å². The molecule has 2 heterocycles. The molecule has 0 saturated carbocycles. The zero-order valence-corrected chi connectivity index (χ0v) is 22.2. The lowest BCUT2D eigenvalue weighted by Gasteiger charge is -2.36. The molecule has 1 fully saturated rings. The van der Waals surface area contributed by atoms with Gasteiger partial charge in [-0.1, -0.05) is 38.1 Å². The molecule has 0 unspecified atom stereocenters. The van der Waals surface area contributed by atoms with Crippen molar-refractivity contribution in [1.82, 2.24) is 14.8 Å². The fourth-order valence-corrected chi connectivity index (χ4v) is 4.87. The van der Waals surface area contributed by atoms with E-state index in [0.717, 1.165) is 66.1 Å². The lowest BCUT2D eigenvalue weighted by molar-refractivity contribution is 0.101. The van der Waals surface area contributed by atoms with Gasteiger partial charge >= 0.3 is 0 Å². The summed E-state index contributed by atoms with van der Waals surface area (Å²) in [4.78, 5) is 19.8. The molecule has 1 amide bonds. The maximum Gasteiger partial charge on any atom is 0.273 e. The molecule has 5 rings (SSSR count). The standard InChI is InChI=1S/C30H35FN6O/c1-21(2)19-32-27-9-5-8-26(29(27)36-14-12-35(3)13-15-36)30(38)34-37-28-11-10-23(17-24(28)20-33-37)16-22-6-4-7-25(31)18-22/h4-11,17-18,20-21,32H,12-16,19H2,1-3H3,(H,34,38). The number of aromatic nitrogens is 2. The zero-order chi connectivity index (χ0) is 26.6. The lowest BCUT2D eigenvalue weighted by Crippen LogP contribution is -2.45. The Bertz CT molecular complexity index is 1420. The van der Waals surface area contributed by atoms with Crippen LogP contribution in [0.3, 0.4) is 0 Å². The number of nitrogens with zero attached hydrogens (tertiary/aromatic N) is 4. The Balaban J connectivity index is 1.40. The van der Waals surface area contributed by atoms with Crippen molar-refractivity contribution in [3.8, 4) is 0 Å². The molecule has 1 aliphatic heterocycles. The average Bonchev–Trinajstić information content (AvgIpc) is 3.29. The topological polar surface area (TPSA) is 65.4 Å². The number of rotatable bonds is 8. The summed E-state index contributed by atoms with van der Waals surface area (Å²) < 4.78 is 13.6. The van der Waals surface area contributed by atoms with Gasteiger partial charge in [-0.05, 0) is 66.9 Å². The van der Waals surface area contributed by atoms with Crippen LogP contribution in [0.2, 0.25) is 0 Å². The Morgan fingerprint density at radius 2 is 1.76 bits per heavy atom. The maximum atomic E-state index is 13.6. The molecule has 7 nitrogen and oxygen atoms in total. The minimum atomic E-state index is -0.237. The fourth-order valence-electron chi connectivity index (χ4n) is 4.87. The second-order valence-corrected chi connectivity index (χ2v) is 10.5. The van der Waals surface area contributed by atoms with Gasteiger partial charge in [0.15, 0.2) is 0 Å². The number of fused-ring (bicyclic) bond motifs is 1. The number of benzene rings is 3. The van der Waals surface area contributed by atoms with E-state index in [4.69, 9.17) is 0 Å². The second-order valence-electron chi connectivity index (χ2n) is 10.5. The van der Waals surface area contributed by atoms with Crippen molar-refractivity contribution < 1.29 is 9.18 Å². The molecule has 198 valence electrons. The molecule has 0 atom stereocenters. The average molecular weight is 515 g/mol. The molecule has 8 heteroatoms. The number of piperazine rings is 1. The largest absolute Gasteiger partial charge is 0.383 e. The molecular weight excluding hydrogens is 479 g/mol. The van der Waals surface area contributed by atoms with E-state index in [2.05, 4.69) is 52.6 Å². The van der Waals surface area contributed by atoms with Gasteiger partial charge in [0.05, 0.1) is 28.7 Å². The van der Waals surface area contributed by atoms with Gasteiger partial charge < -0.3 is 15.1 Å². The van der Waals surface area contributed by atoms with Crippen molar-refractivity contribution in [2.75, 3.05) is 55.4 Å². The van der Waals surface area contributed by atoms with Crippen LogP contribution < -0.4 is 15.6 Å². The van der Waals surface area contributed by atoms with Crippen molar-refractivity contribution >= 4 is 28.2 Å². The Hall–Kier alpha value is -3.91. The third kappa shape index (κ3) is 5.81. The Morgan fingerprint density at radius 1 is 1.00 bits per heavy atom. The van der Waals surface area contributed by atoms with E-state index in [9.17, 15) is 9.18 Å². The quantitative estimate of drug-likeness (QED) is 0.348. The zero-order valence-electron chi connectivity index (χ0n) is 22.2. The minimum Gasteiger partial charge on any atom is -0.383 e. The number of halogens is 1. The second kappa shape index (κ2) is 11.2. The molecule has 38 heavy (non-hydrogen) atoms. The summed E-state index contributed by atoms with van der Waals surface area (Å²) in [6.07, 6.45) is 2.36. The SMILES string of the molecule is CC(C)CNc1cccc(C(=O)Nn2ncc3cc(Cc4cccc(F)c4)ccc32)c1N1CCN(C)CC1. The highest BCUT2D eigenvalue weighted by atomic mass is 19.1. The first-order valence-corrected chi connectivity index (χ1v) is 13.2. The molecule has 0 bridgehead atoms. The van der Waals surface area contributed by atoms with Gasteiger partial charge in [-0.3, -0.25) is 4.79 Å². The minimum absolute atomic E-state index is 0.207. The predicted octanol–water partition coefficient (Wildman–Crippen LogP) is 4.97. The molecule has 0 aliphatic carbocycles. The molecule has 1 aliphatic rings. The lowest BCUT2D eigenvalue weighted by atomic mass is 10.0. The first-order chi connectivity index (χ1) is 18.4. The number of anilines is 2. The number of hydrogen-bond donors (Lipinski definition) is 2. The summed E-state index contributed by atoms with van der Waals surface area (Å²) in [6, 6.07) is 18.5. The molecule has 3 aromatic carbocycles. The highest BCUT2D eigenvalue weighted by Crippen LogP contribution is 2.32. The van der Waals surface area contributed by atoms with Gasteiger partial charge in [0, 0.05) is 38.1 Å². The summed E-state index contributed by atoms with van der Waals surface area (Å²) in [5.41, 5.74) is 8.29. The first kappa shape index (κ1) is 25.7. The van der Waals surface area contributed by atoms with Crippen molar-refractivity contribution in [3.63, 3.8) is 0 Å². The number of carbonyl (C=O) groups excluding carboxylic acids is 1. The van der Waals surface area contributed by atoms with Crippen LogP contribution in [0, 0.1) is 11.7 Å². The number of carbonyl (C=O) groups is 1. The normalized spacial score (nSPS) is 14.3. The summed E-state index contributed by atoms with van der Waals surface area (Å²) in [7, 11) is 2.13. The number of hydrogen-bond acceptors (Lipinski definition) is 5. The van der Waals surface area contributed by atoms with E-state index in [1.54, 1.807) is 18.3 Å². The van der Waals surface area contributed by atoms with Gasteiger partial charge in [-0.25, -0.2) is 9.82 Å². The fraction of sp³-hybridized carbons (Fsp3) is 0.333. The van der Waals surface area contributed by atoms with Crippen LogP contribution in [0.1, 0.15) is 35.3 Å². The third-order valence-electron chi connectivity index (χ3n) is 6.94. The molecule has 1 aromatic heterocycles. The van der Waals surface area contributed by atoms with Crippen LogP contribution in [-0.2, 0) is 6.42 Å². The van der Waals surface area contributed by atoms with Crippen LogP contribution >= 0.6 is 0 Å². The van der Waals surface area contributed by atoms with E-state index < -0.39 is 0 Å². The number of para-hydroxylation sites is 1. The van der Waals surface area contributed by atoms with Crippen LogP contribution in [0.15, 0.2) is 66.9 Å². The van der Waals surface area contributed by atoms with Crippen LogP contribution in [0.5, 0.6) is 0 Å². The Labute approximate surface area is 223 Å². The number of amides is 1. The van der Waals surface area contributed by atoms with Crippen molar-refractivity contribution in [2.24, 2.45) is 5.92 Å². The van der Waals surface area contributed by atoms with Crippen molar-refractivity contribution in [2.45, 2.75) is 20.3 Å². The molecule has 0 spiro atoms. The maximum absolute atomic E-state index is 13.6. The van der Waals surface area contributed by atoms with E-state index in [1.165, 1.54) is 10.9 Å². The summed E-state index contributed by atoms with van der Waals surface area (Å²) >= 11 is 0. The molecular formula is C30H35FN6O. The summed E-state index contributed by atoms with van der Waals surface area (Å²) in [5, 5.41) is 8.91. The monoisotopic (exact) mass is 514 g/mol. The van der Waals surface area contributed by atoms with E-state index in [0.29, 0.717) is 17.9 Å². The third-order valence-corrected chi connectivity index (χ3v) is 6.94. The van der Waals surface area contributed by atoms with Crippen LogP contribution in [0.25, 0.3) is 10.9 Å². The smallest absolute Gasteiger partial charge is 0.273 e. The first-order valence-electron chi connectivity index (χ1n) is 13.2. The molecule has 2 N–H and O–H groups in total. The summed E-state index contributed by atoms with van der Waals surface area (Å²) in [5.74, 6) is 0.0357.